The molecule has 1 atom stereocenters. The van der Waals surface area contributed by atoms with Crippen LogP contribution in [-0.4, -0.2) is 24.7 Å². The Morgan fingerprint density at radius 2 is 2.06 bits per heavy atom. The molecule has 0 bridgehead atoms. The highest BCUT2D eigenvalue weighted by atomic mass is 15.2. The van der Waals surface area contributed by atoms with Crippen LogP contribution in [-0.2, 0) is 6.42 Å². The van der Waals surface area contributed by atoms with Crippen LogP contribution in [0.3, 0.4) is 0 Å². The van der Waals surface area contributed by atoms with Gasteiger partial charge in [0.25, 0.3) is 0 Å². The standard InChI is InChI=1S/C16H26N2/c1-5-16(3,4)17-10-11-18-13(2)12-14-8-6-7-9-15(14)18/h6-9,13,17H,5,10-12H2,1-4H3. The molecule has 1 N–H and O–H groups in total. The molecule has 0 saturated carbocycles. The second-order valence-corrected chi connectivity index (χ2v) is 6.04. The van der Waals surface area contributed by atoms with E-state index in [1.54, 1.807) is 0 Å². The van der Waals surface area contributed by atoms with Crippen molar-refractivity contribution in [1.82, 2.24) is 5.32 Å². The molecule has 0 radical (unpaired) electrons. The fraction of sp³-hybridized carbons (Fsp3) is 0.625. The van der Waals surface area contributed by atoms with E-state index in [1.807, 2.05) is 0 Å². The van der Waals surface area contributed by atoms with Crippen LogP contribution >= 0.6 is 0 Å². The highest BCUT2D eigenvalue weighted by Gasteiger charge is 2.25. The van der Waals surface area contributed by atoms with E-state index in [9.17, 15) is 0 Å². The van der Waals surface area contributed by atoms with E-state index in [0.29, 0.717) is 6.04 Å². The number of rotatable bonds is 5. The van der Waals surface area contributed by atoms with Crippen LogP contribution in [0.15, 0.2) is 24.3 Å². The van der Waals surface area contributed by atoms with Gasteiger partial charge in [-0.05, 0) is 45.2 Å². The number of nitrogens with one attached hydrogen (secondary N) is 1. The third kappa shape index (κ3) is 2.86. The van der Waals surface area contributed by atoms with Gasteiger partial charge in [-0.15, -0.1) is 0 Å². The molecule has 1 aromatic rings. The summed E-state index contributed by atoms with van der Waals surface area (Å²) in [6.45, 7) is 11.3. The summed E-state index contributed by atoms with van der Waals surface area (Å²) in [5.41, 5.74) is 3.18. The van der Waals surface area contributed by atoms with Crippen molar-refractivity contribution in [2.75, 3.05) is 18.0 Å². The molecule has 0 aromatic heterocycles. The lowest BCUT2D eigenvalue weighted by Gasteiger charge is -2.29. The van der Waals surface area contributed by atoms with Crippen molar-refractivity contribution < 1.29 is 0 Å². The van der Waals surface area contributed by atoms with E-state index in [2.05, 4.69) is 62.2 Å². The number of hydrogen-bond donors (Lipinski definition) is 1. The van der Waals surface area contributed by atoms with Crippen molar-refractivity contribution in [2.24, 2.45) is 0 Å². The zero-order valence-corrected chi connectivity index (χ0v) is 12.2. The number of hydrogen-bond acceptors (Lipinski definition) is 2. The summed E-state index contributed by atoms with van der Waals surface area (Å²) in [6.07, 6.45) is 2.35. The molecule has 0 fully saturated rings. The zero-order chi connectivity index (χ0) is 13.2. The maximum atomic E-state index is 3.65. The topological polar surface area (TPSA) is 15.3 Å². The first-order chi connectivity index (χ1) is 8.53. The first-order valence-corrected chi connectivity index (χ1v) is 7.13. The van der Waals surface area contributed by atoms with E-state index < -0.39 is 0 Å². The molecular formula is C16H26N2. The van der Waals surface area contributed by atoms with Gasteiger partial charge in [0.2, 0.25) is 0 Å². The Hall–Kier alpha value is -1.02. The number of fused-ring (bicyclic) bond motifs is 1. The fourth-order valence-electron chi connectivity index (χ4n) is 2.61. The fourth-order valence-corrected chi connectivity index (χ4v) is 2.61. The average molecular weight is 246 g/mol. The van der Waals surface area contributed by atoms with Crippen LogP contribution in [0.4, 0.5) is 5.69 Å². The van der Waals surface area contributed by atoms with Gasteiger partial charge in [-0.1, -0.05) is 25.1 Å². The summed E-state index contributed by atoms with van der Waals surface area (Å²) in [6, 6.07) is 9.44. The molecule has 2 nitrogen and oxygen atoms in total. The summed E-state index contributed by atoms with van der Waals surface area (Å²) in [7, 11) is 0. The van der Waals surface area contributed by atoms with E-state index in [0.717, 1.165) is 13.1 Å². The Balaban J connectivity index is 1.94. The summed E-state index contributed by atoms with van der Waals surface area (Å²) in [4.78, 5) is 2.54. The maximum Gasteiger partial charge on any atom is 0.0402 e. The third-order valence-electron chi connectivity index (χ3n) is 4.19. The van der Waals surface area contributed by atoms with Crippen molar-refractivity contribution in [2.45, 2.75) is 52.1 Å². The van der Waals surface area contributed by atoms with Gasteiger partial charge >= 0.3 is 0 Å². The molecule has 1 aliphatic rings. The number of benzene rings is 1. The first-order valence-electron chi connectivity index (χ1n) is 7.13. The molecule has 0 aliphatic carbocycles. The molecule has 18 heavy (non-hydrogen) atoms. The first kappa shape index (κ1) is 13.4. The molecule has 100 valence electrons. The van der Waals surface area contributed by atoms with Gasteiger partial charge < -0.3 is 10.2 Å². The average Bonchev–Trinajstić information content (AvgIpc) is 2.66. The Labute approximate surface area is 111 Å². The van der Waals surface area contributed by atoms with Crippen LogP contribution in [0.1, 0.15) is 39.7 Å². The lowest BCUT2D eigenvalue weighted by Crippen LogP contribution is -2.44. The third-order valence-corrected chi connectivity index (χ3v) is 4.19. The maximum absolute atomic E-state index is 3.65. The Morgan fingerprint density at radius 1 is 1.33 bits per heavy atom. The minimum absolute atomic E-state index is 0.252. The predicted octanol–water partition coefficient (Wildman–Crippen LogP) is 3.22. The molecule has 2 heteroatoms. The molecule has 1 heterocycles. The van der Waals surface area contributed by atoms with Crippen molar-refractivity contribution in [3.63, 3.8) is 0 Å². The smallest absolute Gasteiger partial charge is 0.0402 e. The summed E-state index contributed by atoms with van der Waals surface area (Å²) >= 11 is 0. The Kier molecular flexibility index (Phi) is 3.96. The molecule has 1 aromatic carbocycles. The van der Waals surface area contributed by atoms with Crippen LogP contribution in [0.5, 0.6) is 0 Å². The molecule has 0 spiro atoms. The lowest BCUT2D eigenvalue weighted by atomic mass is 10.0. The van der Waals surface area contributed by atoms with Gasteiger partial charge in [-0.3, -0.25) is 0 Å². The summed E-state index contributed by atoms with van der Waals surface area (Å²) in [5.74, 6) is 0. The highest BCUT2D eigenvalue weighted by molar-refractivity contribution is 5.59. The van der Waals surface area contributed by atoms with Crippen molar-refractivity contribution in [3.8, 4) is 0 Å². The quantitative estimate of drug-likeness (QED) is 0.858. The monoisotopic (exact) mass is 246 g/mol. The summed E-state index contributed by atoms with van der Waals surface area (Å²) < 4.78 is 0. The normalized spacial score (nSPS) is 19.1. The molecule has 1 aliphatic heterocycles. The SMILES string of the molecule is CCC(C)(C)NCCN1c2ccccc2CC1C. The van der Waals surface area contributed by atoms with E-state index in [1.165, 1.54) is 24.1 Å². The molecule has 0 amide bonds. The molecule has 2 rings (SSSR count). The van der Waals surface area contributed by atoms with Gasteiger partial charge in [0.1, 0.15) is 0 Å². The van der Waals surface area contributed by atoms with E-state index in [4.69, 9.17) is 0 Å². The summed E-state index contributed by atoms with van der Waals surface area (Å²) in [5, 5.41) is 3.65. The number of anilines is 1. The second kappa shape index (κ2) is 5.31. The Morgan fingerprint density at radius 3 is 2.78 bits per heavy atom. The zero-order valence-electron chi connectivity index (χ0n) is 12.2. The van der Waals surface area contributed by atoms with E-state index in [-0.39, 0.29) is 5.54 Å². The van der Waals surface area contributed by atoms with Crippen molar-refractivity contribution in [1.29, 1.82) is 0 Å². The lowest BCUT2D eigenvalue weighted by molar-refractivity contribution is 0.378. The molecular weight excluding hydrogens is 220 g/mol. The number of para-hydroxylation sites is 1. The largest absolute Gasteiger partial charge is 0.367 e. The van der Waals surface area contributed by atoms with Gasteiger partial charge in [0, 0.05) is 30.4 Å². The van der Waals surface area contributed by atoms with E-state index >= 15 is 0 Å². The van der Waals surface area contributed by atoms with Crippen LogP contribution in [0.2, 0.25) is 0 Å². The van der Waals surface area contributed by atoms with Gasteiger partial charge in [-0.2, -0.15) is 0 Å². The van der Waals surface area contributed by atoms with Crippen molar-refractivity contribution >= 4 is 5.69 Å². The second-order valence-electron chi connectivity index (χ2n) is 6.04. The minimum atomic E-state index is 0.252. The van der Waals surface area contributed by atoms with Crippen molar-refractivity contribution in [3.05, 3.63) is 29.8 Å². The van der Waals surface area contributed by atoms with Gasteiger partial charge in [0.05, 0.1) is 0 Å². The van der Waals surface area contributed by atoms with Gasteiger partial charge in [-0.25, -0.2) is 0 Å². The van der Waals surface area contributed by atoms with Crippen LogP contribution in [0, 0.1) is 0 Å². The van der Waals surface area contributed by atoms with Crippen LogP contribution < -0.4 is 10.2 Å². The molecule has 0 saturated heterocycles. The predicted molar refractivity (Wildman–Crippen MR) is 79.3 cm³/mol. The van der Waals surface area contributed by atoms with Gasteiger partial charge in [0.15, 0.2) is 0 Å². The molecule has 1 unspecified atom stereocenters. The minimum Gasteiger partial charge on any atom is -0.367 e. The van der Waals surface area contributed by atoms with Crippen LogP contribution in [0.25, 0.3) is 0 Å². The highest BCUT2D eigenvalue weighted by Crippen LogP contribution is 2.31. The Bertz CT molecular complexity index is 398. The number of nitrogens with zero attached hydrogens (tertiary/aromatic N) is 1.